The standard InChI is InChI=1S/C27H26N2O3/c1-3-31-26-17-24(10-11-25(26)32-19-20-12-14-28-15-13-20)27(30)29(2)18-21-8-9-22-6-4-5-7-23(22)16-21/h4-17H,3,18-19H2,1-2H3. The summed E-state index contributed by atoms with van der Waals surface area (Å²) in [4.78, 5) is 18.8. The number of carbonyl (C=O) groups is 1. The van der Waals surface area contributed by atoms with Crippen LogP contribution in [0, 0.1) is 0 Å². The van der Waals surface area contributed by atoms with Crippen LogP contribution in [-0.4, -0.2) is 29.4 Å². The number of fused-ring (bicyclic) bond motifs is 1. The van der Waals surface area contributed by atoms with Crippen LogP contribution in [0.3, 0.4) is 0 Å². The molecule has 0 atom stereocenters. The highest BCUT2D eigenvalue weighted by atomic mass is 16.5. The van der Waals surface area contributed by atoms with Crippen molar-refractivity contribution in [2.45, 2.75) is 20.1 Å². The molecule has 0 unspecified atom stereocenters. The number of carbonyl (C=O) groups excluding carboxylic acids is 1. The zero-order valence-electron chi connectivity index (χ0n) is 18.3. The largest absolute Gasteiger partial charge is 0.490 e. The normalized spacial score (nSPS) is 10.7. The van der Waals surface area contributed by atoms with Gasteiger partial charge in [-0.2, -0.15) is 0 Å². The van der Waals surface area contributed by atoms with Crippen molar-refractivity contribution in [3.63, 3.8) is 0 Å². The molecule has 0 radical (unpaired) electrons. The SMILES string of the molecule is CCOc1cc(C(=O)N(C)Cc2ccc3ccccc3c2)ccc1OCc1ccncc1. The van der Waals surface area contributed by atoms with E-state index in [9.17, 15) is 4.79 Å². The Morgan fingerprint density at radius 2 is 1.62 bits per heavy atom. The second-order valence-corrected chi connectivity index (χ2v) is 7.58. The number of hydrogen-bond acceptors (Lipinski definition) is 4. The van der Waals surface area contributed by atoms with Gasteiger partial charge in [-0.25, -0.2) is 0 Å². The molecule has 5 nitrogen and oxygen atoms in total. The predicted octanol–water partition coefficient (Wildman–Crippen LogP) is 5.48. The first-order valence-corrected chi connectivity index (χ1v) is 10.7. The van der Waals surface area contributed by atoms with Crippen molar-refractivity contribution in [2.24, 2.45) is 0 Å². The Morgan fingerprint density at radius 1 is 0.844 bits per heavy atom. The van der Waals surface area contributed by atoms with E-state index in [1.165, 1.54) is 10.8 Å². The Morgan fingerprint density at radius 3 is 2.41 bits per heavy atom. The van der Waals surface area contributed by atoms with Crippen molar-refractivity contribution >= 4 is 16.7 Å². The molecule has 0 aliphatic rings. The summed E-state index contributed by atoms with van der Waals surface area (Å²) in [5.74, 6) is 1.10. The fraction of sp³-hybridized carbons (Fsp3) is 0.185. The minimum Gasteiger partial charge on any atom is -0.490 e. The lowest BCUT2D eigenvalue weighted by Gasteiger charge is -2.19. The Balaban J connectivity index is 1.48. The summed E-state index contributed by atoms with van der Waals surface area (Å²) in [5.41, 5.74) is 2.66. The van der Waals surface area contributed by atoms with E-state index in [1.807, 2.05) is 38.2 Å². The molecular weight excluding hydrogens is 400 g/mol. The van der Waals surface area contributed by atoms with Gasteiger partial charge in [0.15, 0.2) is 11.5 Å². The molecular formula is C27H26N2O3. The average molecular weight is 427 g/mol. The molecule has 162 valence electrons. The van der Waals surface area contributed by atoms with E-state index >= 15 is 0 Å². The number of ether oxygens (including phenoxy) is 2. The Bertz CT molecular complexity index is 1210. The molecule has 4 aromatic rings. The van der Waals surface area contributed by atoms with Crippen LogP contribution in [0.25, 0.3) is 10.8 Å². The van der Waals surface area contributed by atoms with Gasteiger partial charge in [0.2, 0.25) is 0 Å². The summed E-state index contributed by atoms with van der Waals surface area (Å²) in [6, 6.07) is 23.6. The van der Waals surface area contributed by atoms with Gasteiger partial charge in [-0.15, -0.1) is 0 Å². The molecule has 0 spiro atoms. The van der Waals surface area contributed by atoms with E-state index in [0.29, 0.717) is 36.8 Å². The van der Waals surface area contributed by atoms with E-state index in [1.54, 1.807) is 35.5 Å². The van der Waals surface area contributed by atoms with Crippen molar-refractivity contribution in [1.82, 2.24) is 9.88 Å². The van der Waals surface area contributed by atoms with Crippen LogP contribution < -0.4 is 9.47 Å². The van der Waals surface area contributed by atoms with Gasteiger partial charge >= 0.3 is 0 Å². The molecule has 0 bridgehead atoms. The number of hydrogen-bond donors (Lipinski definition) is 0. The van der Waals surface area contributed by atoms with Crippen molar-refractivity contribution < 1.29 is 14.3 Å². The van der Waals surface area contributed by atoms with Crippen LogP contribution in [0.15, 0.2) is 85.2 Å². The molecule has 3 aromatic carbocycles. The van der Waals surface area contributed by atoms with Crippen molar-refractivity contribution in [3.05, 3.63) is 102 Å². The maximum absolute atomic E-state index is 13.1. The van der Waals surface area contributed by atoms with E-state index in [-0.39, 0.29) is 5.91 Å². The highest BCUT2D eigenvalue weighted by Gasteiger charge is 2.16. The van der Waals surface area contributed by atoms with Crippen molar-refractivity contribution in [1.29, 1.82) is 0 Å². The first-order chi connectivity index (χ1) is 15.6. The fourth-order valence-electron chi connectivity index (χ4n) is 3.57. The third-order valence-electron chi connectivity index (χ3n) is 5.21. The Kier molecular flexibility index (Phi) is 6.66. The molecule has 0 saturated heterocycles. The zero-order valence-corrected chi connectivity index (χ0v) is 18.3. The van der Waals surface area contributed by atoms with Crippen LogP contribution >= 0.6 is 0 Å². The summed E-state index contributed by atoms with van der Waals surface area (Å²) < 4.78 is 11.7. The van der Waals surface area contributed by atoms with Gasteiger partial charge in [0.25, 0.3) is 5.91 Å². The first-order valence-electron chi connectivity index (χ1n) is 10.7. The number of aromatic nitrogens is 1. The Hall–Kier alpha value is -3.86. The van der Waals surface area contributed by atoms with Gasteiger partial charge in [-0.05, 0) is 65.2 Å². The minimum atomic E-state index is -0.0696. The van der Waals surface area contributed by atoms with Crippen LogP contribution in [0.1, 0.15) is 28.4 Å². The van der Waals surface area contributed by atoms with Crippen LogP contribution in [-0.2, 0) is 13.2 Å². The van der Waals surface area contributed by atoms with E-state index in [0.717, 1.165) is 11.1 Å². The quantitative estimate of drug-likeness (QED) is 0.374. The number of pyridine rings is 1. The lowest BCUT2D eigenvalue weighted by molar-refractivity contribution is 0.0784. The topological polar surface area (TPSA) is 51.7 Å². The third-order valence-corrected chi connectivity index (χ3v) is 5.21. The van der Waals surface area contributed by atoms with E-state index in [2.05, 4.69) is 35.3 Å². The zero-order chi connectivity index (χ0) is 22.3. The highest BCUT2D eigenvalue weighted by molar-refractivity contribution is 5.94. The summed E-state index contributed by atoms with van der Waals surface area (Å²) in [6.45, 7) is 3.31. The van der Waals surface area contributed by atoms with Crippen LogP contribution in [0.2, 0.25) is 0 Å². The summed E-state index contributed by atoms with van der Waals surface area (Å²) >= 11 is 0. The van der Waals surface area contributed by atoms with Gasteiger partial charge in [-0.1, -0.05) is 36.4 Å². The number of rotatable bonds is 8. The van der Waals surface area contributed by atoms with Crippen molar-refractivity contribution in [2.75, 3.05) is 13.7 Å². The van der Waals surface area contributed by atoms with Crippen LogP contribution in [0.5, 0.6) is 11.5 Å². The molecule has 0 saturated carbocycles. The molecule has 1 aromatic heterocycles. The third kappa shape index (κ3) is 5.06. The lowest BCUT2D eigenvalue weighted by Crippen LogP contribution is -2.26. The molecule has 32 heavy (non-hydrogen) atoms. The molecule has 0 N–H and O–H groups in total. The van der Waals surface area contributed by atoms with Crippen molar-refractivity contribution in [3.8, 4) is 11.5 Å². The molecule has 4 rings (SSSR count). The molecule has 0 fully saturated rings. The first kappa shape index (κ1) is 21.4. The summed E-state index contributed by atoms with van der Waals surface area (Å²) in [7, 11) is 1.81. The highest BCUT2D eigenvalue weighted by Crippen LogP contribution is 2.30. The second-order valence-electron chi connectivity index (χ2n) is 7.58. The smallest absolute Gasteiger partial charge is 0.254 e. The number of benzene rings is 3. The van der Waals surface area contributed by atoms with Gasteiger partial charge in [0.05, 0.1) is 6.61 Å². The molecule has 5 heteroatoms. The maximum Gasteiger partial charge on any atom is 0.254 e. The fourth-order valence-corrected chi connectivity index (χ4v) is 3.57. The van der Waals surface area contributed by atoms with Gasteiger partial charge in [0, 0.05) is 31.5 Å². The van der Waals surface area contributed by atoms with Gasteiger partial charge < -0.3 is 14.4 Å². The molecule has 1 heterocycles. The van der Waals surface area contributed by atoms with Gasteiger partial charge in [0.1, 0.15) is 6.61 Å². The minimum absolute atomic E-state index is 0.0696. The van der Waals surface area contributed by atoms with Crippen LogP contribution in [0.4, 0.5) is 0 Å². The average Bonchev–Trinajstić information content (AvgIpc) is 2.83. The maximum atomic E-state index is 13.1. The summed E-state index contributed by atoms with van der Waals surface area (Å²) in [6.07, 6.45) is 3.46. The second kappa shape index (κ2) is 9.96. The molecule has 1 amide bonds. The van der Waals surface area contributed by atoms with Gasteiger partial charge in [-0.3, -0.25) is 9.78 Å². The van der Waals surface area contributed by atoms with E-state index in [4.69, 9.17) is 9.47 Å². The number of nitrogens with zero attached hydrogens (tertiary/aromatic N) is 2. The number of amides is 1. The lowest BCUT2D eigenvalue weighted by atomic mass is 10.1. The monoisotopic (exact) mass is 426 g/mol. The summed E-state index contributed by atoms with van der Waals surface area (Å²) in [5, 5.41) is 2.36. The molecule has 0 aliphatic carbocycles. The van der Waals surface area contributed by atoms with E-state index < -0.39 is 0 Å². The Labute approximate surface area is 188 Å². The molecule has 0 aliphatic heterocycles. The predicted molar refractivity (Wildman–Crippen MR) is 126 cm³/mol.